The summed E-state index contributed by atoms with van der Waals surface area (Å²) in [7, 11) is -2.29. The second kappa shape index (κ2) is 16.7. The maximum absolute atomic E-state index is 14.0. The quantitative estimate of drug-likeness (QED) is 0.289. The Labute approximate surface area is 288 Å². The van der Waals surface area contributed by atoms with Gasteiger partial charge in [-0.05, 0) is 54.5 Å². The molecule has 3 unspecified atom stereocenters. The van der Waals surface area contributed by atoms with Gasteiger partial charge in [-0.1, -0.05) is 54.9 Å². The van der Waals surface area contributed by atoms with Crippen LogP contribution in [0.4, 0.5) is 0 Å². The highest BCUT2D eigenvalue weighted by molar-refractivity contribution is 7.88. The molecule has 0 aliphatic carbocycles. The fourth-order valence-electron chi connectivity index (χ4n) is 6.49. The second-order valence-corrected chi connectivity index (χ2v) is 14.9. The number of sulfonamides is 1. The number of nitrogens with one attached hydrogen (secondary N) is 2. The van der Waals surface area contributed by atoms with Crippen LogP contribution in [0, 0.1) is 5.92 Å². The summed E-state index contributed by atoms with van der Waals surface area (Å²) in [5.74, 6) is -2.32. The Morgan fingerprint density at radius 1 is 1.02 bits per heavy atom. The largest absolute Gasteiger partial charge is 0.350 e. The van der Waals surface area contributed by atoms with Crippen molar-refractivity contribution in [2.24, 2.45) is 11.7 Å². The lowest BCUT2D eigenvalue weighted by Crippen LogP contribution is -2.53. The van der Waals surface area contributed by atoms with Crippen LogP contribution in [0.25, 0.3) is 0 Å². The molecule has 0 spiro atoms. The molecule has 2 fully saturated rings. The average Bonchev–Trinajstić information content (AvgIpc) is 3.56. The molecule has 0 aromatic heterocycles. The minimum absolute atomic E-state index is 0.0127. The Morgan fingerprint density at radius 2 is 1.71 bits per heavy atom. The number of likely N-dealkylation sites (tertiary alicyclic amines) is 2. The first-order valence-electron chi connectivity index (χ1n) is 16.4. The van der Waals surface area contributed by atoms with E-state index in [0.717, 1.165) is 11.1 Å². The number of nitrogens with two attached hydrogens (primary N) is 1. The number of amides is 4. The van der Waals surface area contributed by atoms with Crippen molar-refractivity contribution in [2.75, 3.05) is 26.7 Å². The third-order valence-electron chi connectivity index (χ3n) is 9.45. The zero-order valence-electron chi connectivity index (χ0n) is 27.9. The number of nitrogens with zero attached hydrogens (tertiary/aromatic N) is 3. The van der Waals surface area contributed by atoms with Crippen molar-refractivity contribution >= 4 is 45.3 Å². The zero-order valence-corrected chi connectivity index (χ0v) is 29.4. The first-order chi connectivity index (χ1) is 22.8. The van der Waals surface area contributed by atoms with E-state index >= 15 is 0 Å². The highest BCUT2D eigenvalue weighted by atomic mass is 35.5. The predicted molar refractivity (Wildman–Crippen MR) is 184 cm³/mol. The van der Waals surface area contributed by atoms with E-state index in [2.05, 4.69) is 10.0 Å². The summed E-state index contributed by atoms with van der Waals surface area (Å²) < 4.78 is 29.5. The van der Waals surface area contributed by atoms with Gasteiger partial charge in [0.05, 0.1) is 11.7 Å². The predicted octanol–water partition coefficient (Wildman–Crippen LogP) is 2.39. The number of carbonyl (C=O) groups excluding carboxylic acids is 4. The molecule has 4 rings (SSSR count). The summed E-state index contributed by atoms with van der Waals surface area (Å²) in [4.78, 5) is 57.7. The summed E-state index contributed by atoms with van der Waals surface area (Å²) >= 11 is 6.16. The summed E-state index contributed by atoms with van der Waals surface area (Å²) in [5.41, 5.74) is 8.05. The van der Waals surface area contributed by atoms with E-state index in [-0.39, 0.29) is 49.0 Å². The number of hydrogen-bond donors (Lipinski definition) is 3. The summed E-state index contributed by atoms with van der Waals surface area (Å²) in [6.45, 7) is 4.98. The maximum atomic E-state index is 14.0. The molecule has 2 aliphatic heterocycles. The molecule has 0 saturated carbocycles. The van der Waals surface area contributed by atoms with E-state index in [1.54, 1.807) is 66.2 Å². The molecule has 0 bridgehead atoms. The first kappa shape index (κ1) is 37.3. The van der Waals surface area contributed by atoms with Gasteiger partial charge in [0, 0.05) is 70.2 Å². The molecule has 2 aliphatic rings. The minimum Gasteiger partial charge on any atom is -0.350 e. The van der Waals surface area contributed by atoms with E-state index in [4.69, 9.17) is 17.3 Å². The normalized spacial score (nSPS) is 18.3. The van der Waals surface area contributed by atoms with Crippen LogP contribution in [-0.4, -0.2) is 91.6 Å². The van der Waals surface area contributed by atoms with Gasteiger partial charge >= 0.3 is 0 Å². The standard InChI is InChI=1S/C34H47ClN6O6S/c1-23(34(45)41-15-7-10-31(41)33(44)37-21-27-18-28(35)12-11-26(27)20-36)30(38-48(46,47)22-25-8-5-4-6-9-25)19-32(43)39(3)29-13-16-40(17-14-29)24(2)42/h4-6,8-9,11-12,18,23,29-31,38H,7,10,13-17,19-22,36H2,1-3H3,(H,37,44). The van der Waals surface area contributed by atoms with Crippen LogP contribution < -0.4 is 15.8 Å². The topological polar surface area (TPSA) is 162 Å². The Bertz CT molecular complexity index is 1570. The van der Waals surface area contributed by atoms with E-state index < -0.39 is 33.9 Å². The Morgan fingerprint density at radius 3 is 2.35 bits per heavy atom. The fourth-order valence-corrected chi connectivity index (χ4v) is 8.14. The van der Waals surface area contributed by atoms with Crippen LogP contribution in [0.2, 0.25) is 5.02 Å². The maximum Gasteiger partial charge on any atom is 0.243 e. The van der Waals surface area contributed by atoms with Crippen LogP contribution >= 0.6 is 11.6 Å². The lowest BCUT2D eigenvalue weighted by atomic mass is 9.96. The van der Waals surface area contributed by atoms with Gasteiger partial charge in [-0.2, -0.15) is 0 Å². The van der Waals surface area contributed by atoms with E-state index in [0.29, 0.717) is 55.9 Å². The molecule has 12 nitrogen and oxygen atoms in total. The van der Waals surface area contributed by atoms with Crippen LogP contribution in [0.15, 0.2) is 48.5 Å². The number of hydrogen-bond acceptors (Lipinski definition) is 7. The van der Waals surface area contributed by atoms with Crippen LogP contribution in [-0.2, 0) is 48.0 Å². The van der Waals surface area contributed by atoms with Crippen molar-refractivity contribution in [2.45, 2.75) is 82.9 Å². The van der Waals surface area contributed by atoms with Gasteiger partial charge in [-0.3, -0.25) is 19.2 Å². The molecule has 0 radical (unpaired) electrons. The SMILES string of the molecule is CC(=O)N1CCC(N(C)C(=O)CC(NS(=O)(=O)Cc2ccccc2)C(C)C(=O)N2CCCC2C(=O)NCc2cc(Cl)ccc2CN)CC1. The number of halogens is 1. The molecule has 48 heavy (non-hydrogen) atoms. The number of piperidine rings is 1. The van der Waals surface area contributed by atoms with Crippen LogP contribution in [0.5, 0.6) is 0 Å². The molecule has 3 atom stereocenters. The van der Waals surface area contributed by atoms with Crippen molar-refractivity contribution in [1.82, 2.24) is 24.7 Å². The molecule has 2 saturated heterocycles. The summed E-state index contributed by atoms with van der Waals surface area (Å²) in [6.07, 6.45) is 2.02. The molecular formula is C34H47ClN6O6S. The van der Waals surface area contributed by atoms with Gasteiger partial charge in [0.15, 0.2) is 0 Å². The molecule has 2 heterocycles. The van der Waals surface area contributed by atoms with Gasteiger partial charge in [-0.25, -0.2) is 13.1 Å². The van der Waals surface area contributed by atoms with Gasteiger partial charge in [0.1, 0.15) is 6.04 Å². The summed E-state index contributed by atoms with van der Waals surface area (Å²) in [6, 6.07) is 12.0. The van der Waals surface area contributed by atoms with Crippen molar-refractivity contribution in [1.29, 1.82) is 0 Å². The molecule has 262 valence electrons. The molecule has 2 aromatic rings. The molecule has 2 aromatic carbocycles. The molecule has 4 amide bonds. The Hall–Kier alpha value is -3.52. The van der Waals surface area contributed by atoms with Gasteiger partial charge in [-0.15, -0.1) is 0 Å². The van der Waals surface area contributed by atoms with Crippen LogP contribution in [0.3, 0.4) is 0 Å². The molecular weight excluding hydrogens is 656 g/mol. The Balaban J connectivity index is 1.49. The van der Waals surface area contributed by atoms with Crippen molar-refractivity contribution < 1.29 is 27.6 Å². The highest BCUT2D eigenvalue weighted by Crippen LogP contribution is 2.25. The third kappa shape index (κ3) is 9.77. The van der Waals surface area contributed by atoms with E-state index in [1.165, 1.54) is 11.8 Å². The highest BCUT2D eigenvalue weighted by Gasteiger charge is 2.40. The van der Waals surface area contributed by atoms with Crippen LogP contribution in [0.1, 0.15) is 62.6 Å². The molecule has 14 heteroatoms. The lowest BCUT2D eigenvalue weighted by molar-refractivity contribution is -0.142. The monoisotopic (exact) mass is 702 g/mol. The minimum atomic E-state index is -3.96. The zero-order chi connectivity index (χ0) is 35.0. The smallest absolute Gasteiger partial charge is 0.243 e. The van der Waals surface area contributed by atoms with Crippen molar-refractivity contribution in [3.8, 4) is 0 Å². The molecule has 4 N–H and O–H groups in total. The fraction of sp³-hybridized carbons (Fsp3) is 0.529. The number of benzene rings is 2. The number of rotatable bonds is 13. The van der Waals surface area contributed by atoms with Crippen molar-refractivity contribution in [3.05, 3.63) is 70.2 Å². The Kier molecular flexibility index (Phi) is 13.0. The lowest BCUT2D eigenvalue weighted by Gasteiger charge is -2.37. The van der Waals surface area contributed by atoms with Gasteiger partial charge < -0.3 is 25.8 Å². The summed E-state index contributed by atoms with van der Waals surface area (Å²) in [5, 5.41) is 3.43. The van der Waals surface area contributed by atoms with E-state index in [1.807, 2.05) is 6.07 Å². The second-order valence-electron chi connectivity index (χ2n) is 12.7. The number of carbonyl (C=O) groups is 4. The third-order valence-corrected chi connectivity index (χ3v) is 11.1. The van der Waals surface area contributed by atoms with E-state index in [9.17, 15) is 27.6 Å². The van der Waals surface area contributed by atoms with Gasteiger partial charge in [0.25, 0.3) is 0 Å². The average molecular weight is 703 g/mol. The first-order valence-corrected chi connectivity index (χ1v) is 18.4. The van der Waals surface area contributed by atoms with Crippen molar-refractivity contribution in [3.63, 3.8) is 0 Å². The van der Waals surface area contributed by atoms with Gasteiger partial charge in [0.2, 0.25) is 33.7 Å².